The Morgan fingerprint density at radius 2 is 2.04 bits per heavy atom. The average Bonchev–Trinajstić information content (AvgIpc) is 3.10. The van der Waals surface area contributed by atoms with Gasteiger partial charge in [0, 0.05) is 36.8 Å². The van der Waals surface area contributed by atoms with E-state index in [9.17, 15) is 13.2 Å². The topological polar surface area (TPSA) is 68.2 Å². The number of alkyl halides is 3. The standard InChI is InChI=1S/C19H17F3N4O/c20-19(21,22)14-3-1-2-12(8-14)17-5-4-15(27-17)11-26-7-6-16-13(10-26)9-24-18(23)25-16/h1-5,8-9H,6-7,10-11H2,(H2,23,24,25). The van der Waals surface area contributed by atoms with E-state index in [4.69, 9.17) is 10.2 Å². The Hall–Kier alpha value is -2.87. The second kappa shape index (κ2) is 6.70. The van der Waals surface area contributed by atoms with E-state index in [1.54, 1.807) is 24.4 Å². The number of halogens is 3. The lowest BCUT2D eigenvalue weighted by molar-refractivity contribution is -0.137. The molecular weight excluding hydrogens is 357 g/mol. The molecule has 0 radical (unpaired) electrons. The first-order valence-electron chi connectivity index (χ1n) is 8.47. The number of fused-ring (bicyclic) bond motifs is 1. The molecule has 0 bridgehead atoms. The van der Waals surface area contributed by atoms with Gasteiger partial charge in [0.2, 0.25) is 5.95 Å². The third-order valence-electron chi connectivity index (χ3n) is 4.55. The van der Waals surface area contributed by atoms with Crippen LogP contribution in [0.3, 0.4) is 0 Å². The van der Waals surface area contributed by atoms with Crippen LogP contribution in [0.5, 0.6) is 0 Å². The summed E-state index contributed by atoms with van der Waals surface area (Å²) in [5, 5.41) is 0. The first-order chi connectivity index (χ1) is 12.9. The van der Waals surface area contributed by atoms with Crippen molar-refractivity contribution in [3.63, 3.8) is 0 Å². The second-order valence-electron chi connectivity index (χ2n) is 6.51. The Balaban J connectivity index is 1.48. The molecule has 0 amide bonds. The lowest BCUT2D eigenvalue weighted by Crippen LogP contribution is -2.30. The van der Waals surface area contributed by atoms with Gasteiger partial charge in [0.15, 0.2) is 0 Å². The fourth-order valence-corrected chi connectivity index (χ4v) is 3.21. The van der Waals surface area contributed by atoms with Crippen molar-refractivity contribution in [1.29, 1.82) is 0 Å². The number of benzene rings is 1. The number of rotatable bonds is 3. The molecule has 140 valence electrons. The number of anilines is 1. The first kappa shape index (κ1) is 17.5. The number of hydrogen-bond donors (Lipinski definition) is 1. The summed E-state index contributed by atoms with van der Waals surface area (Å²) in [6.45, 7) is 2.03. The molecule has 1 aliphatic rings. The predicted molar refractivity (Wildman–Crippen MR) is 93.4 cm³/mol. The van der Waals surface area contributed by atoms with E-state index < -0.39 is 11.7 Å². The Bertz CT molecular complexity index is 968. The van der Waals surface area contributed by atoms with Gasteiger partial charge in [-0.2, -0.15) is 13.2 Å². The third kappa shape index (κ3) is 3.80. The maximum atomic E-state index is 12.9. The van der Waals surface area contributed by atoms with E-state index in [-0.39, 0.29) is 5.95 Å². The molecule has 5 nitrogen and oxygen atoms in total. The zero-order chi connectivity index (χ0) is 19.0. The number of aromatic nitrogens is 2. The van der Waals surface area contributed by atoms with E-state index in [1.165, 1.54) is 6.07 Å². The van der Waals surface area contributed by atoms with Crippen molar-refractivity contribution in [3.8, 4) is 11.3 Å². The predicted octanol–water partition coefficient (Wildman–Crippen LogP) is 3.90. The fraction of sp³-hybridized carbons (Fsp3) is 0.263. The van der Waals surface area contributed by atoms with Crippen LogP contribution >= 0.6 is 0 Å². The van der Waals surface area contributed by atoms with Crippen LogP contribution in [0.25, 0.3) is 11.3 Å². The molecule has 3 aromatic rings. The quantitative estimate of drug-likeness (QED) is 0.753. The van der Waals surface area contributed by atoms with Crippen LogP contribution < -0.4 is 5.73 Å². The smallest absolute Gasteiger partial charge is 0.416 e. The molecule has 0 fully saturated rings. The molecule has 27 heavy (non-hydrogen) atoms. The number of nitrogen functional groups attached to an aromatic ring is 1. The summed E-state index contributed by atoms with van der Waals surface area (Å²) >= 11 is 0. The Kier molecular flexibility index (Phi) is 4.35. The minimum atomic E-state index is -4.38. The molecule has 2 N–H and O–H groups in total. The summed E-state index contributed by atoms with van der Waals surface area (Å²) in [5.41, 5.74) is 7.32. The summed E-state index contributed by atoms with van der Waals surface area (Å²) in [4.78, 5) is 10.5. The third-order valence-corrected chi connectivity index (χ3v) is 4.55. The van der Waals surface area contributed by atoms with Crippen LogP contribution in [-0.2, 0) is 25.7 Å². The van der Waals surface area contributed by atoms with Gasteiger partial charge in [-0.25, -0.2) is 9.97 Å². The maximum absolute atomic E-state index is 12.9. The highest BCUT2D eigenvalue weighted by Crippen LogP contribution is 2.33. The second-order valence-corrected chi connectivity index (χ2v) is 6.51. The Labute approximate surface area is 153 Å². The largest absolute Gasteiger partial charge is 0.460 e. The summed E-state index contributed by atoms with van der Waals surface area (Å²) < 4.78 is 44.5. The minimum absolute atomic E-state index is 0.277. The molecule has 4 rings (SSSR count). The molecule has 2 aromatic heterocycles. The molecule has 0 saturated heterocycles. The van der Waals surface area contributed by atoms with Crippen LogP contribution in [0.15, 0.2) is 47.0 Å². The van der Waals surface area contributed by atoms with Gasteiger partial charge in [-0.1, -0.05) is 12.1 Å². The fourth-order valence-electron chi connectivity index (χ4n) is 3.21. The molecule has 0 atom stereocenters. The molecule has 0 aliphatic carbocycles. The molecular formula is C19H17F3N4O. The average molecular weight is 374 g/mol. The summed E-state index contributed by atoms with van der Waals surface area (Å²) in [6, 6.07) is 8.64. The Morgan fingerprint density at radius 3 is 2.85 bits per heavy atom. The summed E-state index contributed by atoms with van der Waals surface area (Å²) in [5.74, 6) is 1.39. The lowest BCUT2D eigenvalue weighted by atomic mass is 10.1. The van der Waals surface area contributed by atoms with Gasteiger partial charge in [0.25, 0.3) is 0 Å². The van der Waals surface area contributed by atoms with Crippen LogP contribution in [0.1, 0.15) is 22.6 Å². The molecule has 3 heterocycles. The van der Waals surface area contributed by atoms with Gasteiger partial charge >= 0.3 is 6.18 Å². The highest BCUT2D eigenvalue weighted by atomic mass is 19.4. The highest BCUT2D eigenvalue weighted by Gasteiger charge is 2.30. The highest BCUT2D eigenvalue weighted by molar-refractivity contribution is 5.58. The van der Waals surface area contributed by atoms with Gasteiger partial charge in [0.1, 0.15) is 11.5 Å². The van der Waals surface area contributed by atoms with E-state index in [1.807, 2.05) is 0 Å². The molecule has 1 aromatic carbocycles. The summed E-state index contributed by atoms with van der Waals surface area (Å²) in [7, 11) is 0. The van der Waals surface area contributed by atoms with Gasteiger partial charge in [-0.15, -0.1) is 0 Å². The zero-order valence-electron chi connectivity index (χ0n) is 14.3. The van der Waals surface area contributed by atoms with E-state index in [0.717, 1.165) is 36.4 Å². The van der Waals surface area contributed by atoms with Crippen LogP contribution in [0.2, 0.25) is 0 Å². The first-order valence-corrected chi connectivity index (χ1v) is 8.47. The molecule has 1 aliphatic heterocycles. The summed E-state index contributed by atoms with van der Waals surface area (Å²) in [6.07, 6.45) is -1.87. The molecule has 0 spiro atoms. The molecule has 8 heteroatoms. The number of hydrogen-bond acceptors (Lipinski definition) is 5. The van der Waals surface area contributed by atoms with Crippen molar-refractivity contribution in [2.24, 2.45) is 0 Å². The number of nitrogens with two attached hydrogens (primary N) is 1. The van der Waals surface area contributed by atoms with Crippen molar-refractivity contribution in [3.05, 3.63) is 65.2 Å². The van der Waals surface area contributed by atoms with Gasteiger partial charge in [-0.05, 0) is 24.3 Å². The van der Waals surface area contributed by atoms with Crippen molar-refractivity contribution >= 4 is 5.95 Å². The van der Waals surface area contributed by atoms with Gasteiger partial charge in [-0.3, -0.25) is 4.90 Å². The zero-order valence-corrected chi connectivity index (χ0v) is 14.3. The monoisotopic (exact) mass is 374 g/mol. The van der Waals surface area contributed by atoms with Crippen LogP contribution in [0.4, 0.5) is 19.1 Å². The maximum Gasteiger partial charge on any atom is 0.416 e. The normalized spacial score (nSPS) is 14.9. The number of furan rings is 1. The van der Waals surface area contributed by atoms with Crippen molar-refractivity contribution in [2.75, 3.05) is 12.3 Å². The van der Waals surface area contributed by atoms with E-state index in [0.29, 0.717) is 30.2 Å². The number of nitrogens with zero attached hydrogens (tertiary/aromatic N) is 3. The van der Waals surface area contributed by atoms with Crippen LogP contribution in [0, 0.1) is 0 Å². The van der Waals surface area contributed by atoms with Crippen molar-refractivity contribution in [1.82, 2.24) is 14.9 Å². The van der Waals surface area contributed by atoms with Crippen LogP contribution in [-0.4, -0.2) is 21.4 Å². The molecule has 0 saturated carbocycles. The lowest BCUT2D eigenvalue weighted by Gasteiger charge is -2.26. The van der Waals surface area contributed by atoms with E-state index in [2.05, 4.69) is 14.9 Å². The van der Waals surface area contributed by atoms with Gasteiger partial charge in [0.05, 0.1) is 17.8 Å². The molecule has 0 unspecified atom stereocenters. The minimum Gasteiger partial charge on any atom is -0.460 e. The Morgan fingerprint density at radius 1 is 1.19 bits per heavy atom. The SMILES string of the molecule is Nc1ncc2c(n1)CCN(Cc1ccc(-c3cccc(C(F)(F)F)c3)o1)C2. The van der Waals surface area contributed by atoms with Gasteiger partial charge < -0.3 is 10.2 Å². The van der Waals surface area contributed by atoms with Crippen molar-refractivity contribution < 1.29 is 17.6 Å². The van der Waals surface area contributed by atoms with Crippen molar-refractivity contribution in [2.45, 2.75) is 25.7 Å². The van der Waals surface area contributed by atoms with E-state index >= 15 is 0 Å².